The minimum Gasteiger partial charge on any atom is -0.458 e. The highest BCUT2D eigenvalue weighted by Gasteiger charge is 2.77. The van der Waals surface area contributed by atoms with Gasteiger partial charge in [0.05, 0.1) is 11.5 Å². The Kier molecular flexibility index (Phi) is 3.19. The first-order chi connectivity index (χ1) is 11.1. The summed E-state index contributed by atoms with van der Waals surface area (Å²) in [7, 11) is 0. The largest absolute Gasteiger partial charge is 0.458 e. The van der Waals surface area contributed by atoms with Crippen LogP contribution in [0.4, 0.5) is 0 Å². The smallest absolute Gasteiger partial charge is 0.312 e. The van der Waals surface area contributed by atoms with Gasteiger partial charge >= 0.3 is 5.97 Å². The molecule has 3 saturated carbocycles. The number of esters is 1. The second kappa shape index (κ2) is 4.63. The molecule has 4 rings (SSSR count). The third-order valence-corrected chi connectivity index (χ3v) is 8.68. The second-order valence-electron chi connectivity index (χ2n) is 9.70. The molecule has 2 bridgehead atoms. The fourth-order valence-electron chi connectivity index (χ4n) is 6.73. The van der Waals surface area contributed by atoms with E-state index in [1.54, 1.807) is 0 Å². The number of rotatable bonds is 1. The molecule has 0 unspecified atom stereocenters. The highest BCUT2D eigenvalue weighted by atomic mass is 16.6. The van der Waals surface area contributed by atoms with Gasteiger partial charge in [-0.25, -0.2) is 0 Å². The lowest BCUT2D eigenvalue weighted by Gasteiger charge is -2.63. The number of carbonyl (C=O) groups excluding carboxylic acids is 2. The number of Topliss-reactive ketones (excluding diaryl/α,β-unsaturated/α-hetero) is 1. The van der Waals surface area contributed by atoms with Crippen molar-refractivity contribution in [2.45, 2.75) is 84.3 Å². The highest BCUT2D eigenvalue weighted by Crippen LogP contribution is 2.70. The van der Waals surface area contributed by atoms with Crippen molar-refractivity contribution < 1.29 is 19.4 Å². The SMILES string of the molecule is CC[C@]1(C)C[C@H](O)[C@]2(C)[C@@H](C1)C(=O)C[C@H]1[C@]3(C)CCC[C@@]12OC3=O. The molecule has 4 fully saturated rings. The molecule has 134 valence electrons. The van der Waals surface area contributed by atoms with Crippen LogP contribution in [-0.4, -0.2) is 28.6 Å². The molecule has 1 N–H and O–H groups in total. The summed E-state index contributed by atoms with van der Waals surface area (Å²) in [5, 5.41) is 11.2. The van der Waals surface area contributed by atoms with Crippen molar-refractivity contribution in [1.29, 1.82) is 0 Å². The zero-order chi connectivity index (χ0) is 17.5. The average molecular weight is 334 g/mol. The summed E-state index contributed by atoms with van der Waals surface area (Å²) in [6, 6.07) is 0. The van der Waals surface area contributed by atoms with Crippen LogP contribution < -0.4 is 0 Å². The monoisotopic (exact) mass is 334 g/mol. The topological polar surface area (TPSA) is 63.6 Å². The third-order valence-electron chi connectivity index (χ3n) is 8.68. The summed E-state index contributed by atoms with van der Waals surface area (Å²) in [6.07, 6.45) is 4.82. The molecule has 1 saturated heterocycles. The Morgan fingerprint density at radius 3 is 2.54 bits per heavy atom. The van der Waals surface area contributed by atoms with Gasteiger partial charge < -0.3 is 9.84 Å². The zero-order valence-corrected chi connectivity index (χ0v) is 15.4. The van der Waals surface area contributed by atoms with Crippen molar-refractivity contribution in [3.8, 4) is 0 Å². The summed E-state index contributed by atoms with van der Waals surface area (Å²) in [6.45, 7) is 8.32. The van der Waals surface area contributed by atoms with Crippen LogP contribution in [0.15, 0.2) is 0 Å². The molecule has 0 amide bonds. The van der Waals surface area contributed by atoms with E-state index in [1.165, 1.54) is 0 Å². The summed E-state index contributed by atoms with van der Waals surface area (Å²) in [5.41, 5.74) is -1.85. The molecule has 3 aliphatic carbocycles. The maximum Gasteiger partial charge on any atom is 0.312 e. The van der Waals surface area contributed by atoms with Crippen LogP contribution >= 0.6 is 0 Å². The van der Waals surface area contributed by atoms with E-state index in [0.29, 0.717) is 12.8 Å². The van der Waals surface area contributed by atoms with Gasteiger partial charge in [-0.05, 0) is 44.4 Å². The lowest BCUT2D eigenvalue weighted by molar-refractivity contribution is -0.237. The van der Waals surface area contributed by atoms with E-state index in [1.807, 2.05) is 13.8 Å². The molecule has 4 aliphatic rings. The molecule has 0 aromatic heterocycles. The first-order valence-corrected chi connectivity index (χ1v) is 9.57. The fourth-order valence-corrected chi connectivity index (χ4v) is 6.73. The van der Waals surface area contributed by atoms with Crippen molar-refractivity contribution >= 4 is 11.8 Å². The molecule has 1 aliphatic heterocycles. The van der Waals surface area contributed by atoms with Crippen LogP contribution in [-0.2, 0) is 14.3 Å². The van der Waals surface area contributed by atoms with E-state index in [4.69, 9.17) is 4.74 Å². The molecule has 24 heavy (non-hydrogen) atoms. The van der Waals surface area contributed by atoms with Gasteiger partial charge in [0.15, 0.2) is 0 Å². The van der Waals surface area contributed by atoms with Crippen LogP contribution in [0.2, 0.25) is 0 Å². The molecule has 7 atom stereocenters. The van der Waals surface area contributed by atoms with Crippen LogP contribution in [0.1, 0.15) is 72.6 Å². The van der Waals surface area contributed by atoms with Gasteiger partial charge in [0, 0.05) is 23.7 Å². The second-order valence-corrected chi connectivity index (χ2v) is 9.70. The van der Waals surface area contributed by atoms with Crippen molar-refractivity contribution in [2.24, 2.45) is 28.1 Å². The predicted molar refractivity (Wildman–Crippen MR) is 89.1 cm³/mol. The number of hydrogen-bond acceptors (Lipinski definition) is 4. The highest BCUT2D eigenvalue weighted by molar-refractivity contribution is 5.89. The normalized spacial score (nSPS) is 56.5. The molecular weight excluding hydrogens is 304 g/mol. The zero-order valence-electron chi connectivity index (χ0n) is 15.4. The molecule has 1 heterocycles. The summed E-state index contributed by atoms with van der Waals surface area (Å²) in [5.74, 6) is -0.171. The first kappa shape index (κ1) is 16.6. The van der Waals surface area contributed by atoms with E-state index in [-0.39, 0.29) is 29.0 Å². The Bertz CT molecular complexity index is 615. The quantitative estimate of drug-likeness (QED) is 0.748. The Morgan fingerprint density at radius 2 is 1.88 bits per heavy atom. The fraction of sp³-hybridized carbons (Fsp3) is 0.900. The molecule has 0 radical (unpaired) electrons. The van der Waals surface area contributed by atoms with Gasteiger partial charge in [-0.3, -0.25) is 9.59 Å². The van der Waals surface area contributed by atoms with E-state index in [2.05, 4.69) is 13.8 Å². The third kappa shape index (κ3) is 1.64. The van der Waals surface area contributed by atoms with Crippen molar-refractivity contribution in [1.82, 2.24) is 0 Å². The number of carbonyl (C=O) groups is 2. The number of ether oxygens (including phenoxy) is 1. The van der Waals surface area contributed by atoms with Gasteiger partial charge in [0.1, 0.15) is 11.4 Å². The van der Waals surface area contributed by atoms with Crippen LogP contribution in [0.5, 0.6) is 0 Å². The van der Waals surface area contributed by atoms with E-state index < -0.39 is 22.5 Å². The predicted octanol–water partition coefficient (Wildman–Crippen LogP) is 3.25. The van der Waals surface area contributed by atoms with Crippen molar-refractivity contribution in [2.75, 3.05) is 0 Å². The lowest BCUT2D eigenvalue weighted by Crippen LogP contribution is -2.69. The summed E-state index contributed by atoms with van der Waals surface area (Å²) >= 11 is 0. The molecule has 4 heteroatoms. The van der Waals surface area contributed by atoms with Crippen LogP contribution in [0.25, 0.3) is 0 Å². The molecule has 4 nitrogen and oxygen atoms in total. The van der Waals surface area contributed by atoms with Crippen molar-refractivity contribution in [3.63, 3.8) is 0 Å². The number of ketones is 1. The van der Waals surface area contributed by atoms with Crippen molar-refractivity contribution in [3.05, 3.63) is 0 Å². The Morgan fingerprint density at radius 1 is 1.17 bits per heavy atom. The molecule has 0 aromatic carbocycles. The van der Waals surface area contributed by atoms with Crippen LogP contribution in [0.3, 0.4) is 0 Å². The van der Waals surface area contributed by atoms with E-state index in [9.17, 15) is 14.7 Å². The van der Waals surface area contributed by atoms with Gasteiger partial charge in [0.2, 0.25) is 0 Å². The average Bonchev–Trinajstić information content (AvgIpc) is 2.64. The number of hydrogen-bond donors (Lipinski definition) is 1. The van der Waals surface area contributed by atoms with Crippen LogP contribution in [0, 0.1) is 28.1 Å². The molecule has 0 aromatic rings. The number of aliphatic hydroxyl groups is 1. The lowest BCUT2D eigenvalue weighted by atomic mass is 9.41. The Balaban J connectivity index is 1.86. The molecule has 0 spiro atoms. The Labute approximate surface area is 144 Å². The number of aliphatic hydroxyl groups excluding tert-OH is 1. The Hall–Kier alpha value is -0.900. The summed E-state index contributed by atoms with van der Waals surface area (Å²) in [4.78, 5) is 25.9. The van der Waals surface area contributed by atoms with E-state index in [0.717, 1.165) is 32.1 Å². The van der Waals surface area contributed by atoms with Gasteiger partial charge in [-0.15, -0.1) is 0 Å². The van der Waals surface area contributed by atoms with Gasteiger partial charge in [-0.2, -0.15) is 0 Å². The maximum absolute atomic E-state index is 13.1. The summed E-state index contributed by atoms with van der Waals surface area (Å²) < 4.78 is 6.12. The van der Waals surface area contributed by atoms with E-state index >= 15 is 0 Å². The first-order valence-electron chi connectivity index (χ1n) is 9.57. The maximum atomic E-state index is 13.1. The minimum absolute atomic E-state index is 0.0106. The standard InChI is InChI=1S/C20H30O4/c1-5-17(2)10-12-13(21)9-14-18(3)7-6-8-20(14,24-16(18)23)19(12,4)15(22)11-17/h12,14-15,22H,5-11H2,1-4H3/t12-,14-,15-,17-,18-,19-,20+/m0/s1. The van der Waals surface area contributed by atoms with Gasteiger partial charge in [-0.1, -0.05) is 27.2 Å². The molecular formula is C20H30O4. The van der Waals surface area contributed by atoms with Gasteiger partial charge in [0.25, 0.3) is 0 Å². The number of fused-ring (bicyclic) bond motifs is 1. The minimum atomic E-state index is -0.649.